The molecule has 0 aliphatic rings. The molecule has 0 saturated heterocycles. The minimum atomic E-state index is -4.14. The Balaban J connectivity index is 1.89. The van der Waals surface area contributed by atoms with Crippen LogP contribution in [0.25, 0.3) is 0 Å². The lowest BCUT2D eigenvalue weighted by molar-refractivity contribution is -0.119. The van der Waals surface area contributed by atoms with Crippen LogP contribution in [0.5, 0.6) is 0 Å². The third-order valence-electron chi connectivity index (χ3n) is 4.33. The maximum atomic E-state index is 13.7. The van der Waals surface area contributed by atoms with Gasteiger partial charge < -0.3 is 0 Å². The van der Waals surface area contributed by atoms with Gasteiger partial charge in [-0.1, -0.05) is 59.1 Å². The Hall–Kier alpha value is -2.94. The largest absolute Gasteiger partial charge is 0.271 e. The Kier molecular flexibility index (Phi) is 7.50. The molecule has 32 heavy (non-hydrogen) atoms. The molecule has 0 bridgehead atoms. The smallest absolute Gasteiger partial charge is 0.264 e. The first-order valence-electron chi connectivity index (χ1n) is 9.29. The van der Waals surface area contributed by atoms with E-state index in [9.17, 15) is 17.6 Å². The number of carbonyl (C=O) groups excluding carboxylic acids is 1. The van der Waals surface area contributed by atoms with E-state index in [4.69, 9.17) is 23.2 Å². The number of nitrogens with one attached hydrogen (secondary N) is 1. The van der Waals surface area contributed by atoms with Crippen LogP contribution in [0.1, 0.15) is 11.1 Å². The van der Waals surface area contributed by atoms with E-state index in [-0.39, 0.29) is 26.2 Å². The topological polar surface area (TPSA) is 78.8 Å². The van der Waals surface area contributed by atoms with Crippen molar-refractivity contribution in [3.8, 4) is 0 Å². The van der Waals surface area contributed by atoms with Gasteiger partial charge in [-0.2, -0.15) is 5.10 Å². The molecule has 0 aliphatic carbocycles. The Labute approximate surface area is 195 Å². The zero-order valence-electron chi connectivity index (χ0n) is 16.8. The van der Waals surface area contributed by atoms with Gasteiger partial charge in [0, 0.05) is 15.6 Å². The Morgan fingerprint density at radius 2 is 1.69 bits per heavy atom. The van der Waals surface area contributed by atoms with E-state index in [0.717, 1.165) is 16.1 Å². The van der Waals surface area contributed by atoms with E-state index in [1.54, 1.807) is 18.2 Å². The average molecular weight is 494 g/mol. The van der Waals surface area contributed by atoms with Gasteiger partial charge in [0.15, 0.2) is 0 Å². The number of rotatable bonds is 7. The van der Waals surface area contributed by atoms with Gasteiger partial charge >= 0.3 is 0 Å². The molecule has 0 atom stereocenters. The van der Waals surface area contributed by atoms with Crippen LogP contribution in [0.15, 0.2) is 76.7 Å². The fourth-order valence-corrected chi connectivity index (χ4v) is 4.67. The van der Waals surface area contributed by atoms with E-state index < -0.39 is 28.3 Å². The highest BCUT2D eigenvalue weighted by Crippen LogP contribution is 2.29. The molecule has 3 aromatic carbocycles. The lowest BCUT2D eigenvalue weighted by Gasteiger charge is -2.24. The predicted molar refractivity (Wildman–Crippen MR) is 124 cm³/mol. The highest BCUT2D eigenvalue weighted by Gasteiger charge is 2.27. The molecule has 1 amide bonds. The number of hydrogen-bond donors (Lipinski definition) is 1. The molecule has 6 nitrogen and oxygen atoms in total. The van der Waals surface area contributed by atoms with E-state index in [1.807, 2.05) is 6.92 Å². The zero-order valence-corrected chi connectivity index (χ0v) is 19.1. The third kappa shape index (κ3) is 5.85. The van der Waals surface area contributed by atoms with Gasteiger partial charge in [0.1, 0.15) is 12.4 Å². The van der Waals surface area contributed by atoms with E-state index in [0.29, 0.717) is 0 Å². The van der Waals surface area contributed by atoms with Crippen LogP contribution in [0.3, 0.4) is 0 Å². The standard InChI is InChI=1S/C22H18Cl2FN3O3S/c1-15-6-8-20(9-7-15)32(30,31)28(19-11-17(23)10-18(24)12-19)14-22(29)27-26-13-16-4-2-3-5-21(16)25/h2-13H,14H2,1H3,(H,27,29)/b26-13-. The van der Waals surface area contributed by atoms with Crippen molar-refractivity contribution in [1.29, 1.82) is 0 Å². The maximum Gasteiger partial charge on any atom is 0.264 e. The lowest BCUT2D eigenvalue weighted by Crippen LogP contribution is -2.39. The molecule has 3 rings (SSSR count). The number of hydrazone groups is 1. The Morgan fingerprint density at radius 3 is 2.31 bits per heavy atom. The molecule has 0 unspecified atom stereocenters. The summed E-state index contributed by atoms with van der Waals surface area (Å²) in [6.45, 7) is 1.22. The minimum absolute atomic E-state index is 0.0122. The summed E-state index contributed by atoms with van der Waals surface area (Å²) >= 11 is 12.1. The van der Waals surface area contributed by atoms with Crippen LogP contribution < -0.4 is 9.73 Å². The second kappa shape index (κ2) is 10.1. The van der Waals surface area contributed by atoms with Crippen molar-refractivity contribution in [3.05, 3.63) is 93.7 Å². The first kappa shape index (κ1) is 23.7. The number of carbonyl (C=O) groups is 1. The quantitative estimate of drug-likeness (QED) is 0.379. The number of hydrogen-bond acceptors (Lipinski definition) is 4. The van der Waals surface area contributed by atoms with Crippen LogP contribution in [-0.2, 0) is 14.8 Å². The molecule has 0 aromatic heterocycles. The first-order chi connectivity index (χ1) is 15.2. The maximum absolute atomic E-state index is 13.7. The number of nitrogens with zero attached hydrogens (tertiary/aromatic N) is 2. The minimum Gasteiger partial charge on any atom is -0.271 e. The molecule has 166 valence electrons. The summed E-state index contributed by atoms with van der Waals surface area (Å²) in [5.74, 6) is -1.26. The summed E-state index contributed by atoms with van der Waals surface area (Å²) < 4.78 is 41.2. The van der Waals surface area contributed by atoms with Gasteiger partial charge in [-0.25, -0.2) is 18.2 Å². The van der Waals surface area contributed by atoms with Crippen molar-refractivity contribution in [1.82, 2.24) is 5.43 Å². The van der Waals surface area contributed by atoms with Crippen LogP contribution in [0, 0.1) is 12.7 Å². The SMILES string of the molecule is Cc1ccc(S(=O)(=O)N(CC(=O)N/N=C\c2ccccc2F)c2cc(Cl)cc(Cl)c2)cc1. The van der Waals surface area contributed by atoms with E-state index >= 15 is 0 Å². The van der Waals surface area contributed by atoms with Crippen molar-refractivity contribution in [2.24, 2.45) is 5.10 Å². The van der Waals surface area contributed by atoms with E-state index in [2.05, 4.69) is 10.5 Å². The zero-order chi connectivity index (χ0) is 23.3. The summed E-state index contributed by atoms with van der Waals surface area (Å²) in [5, 5.41) is 4.12. The molecule has 1 N–H and O–H groups in total. The number of amides is 1. The van der Waals surface area contributed by atoms with Crippen LogP contribution in [0.4, 0.5) is 10.1 Å². The van der Waals surface area contributed by atoms with Crippen LogP contribution >= 0.6 is 23.2 Å². The molecule has 0 fully saturated rings. The monoisotopic (exact) mass is 493 g/mol. The van der Waals surface area contributed by atoms with Crippen molar-refractivity contribution in [2.75, 3.05) is 10.8 Å². The fourth-order valence-electron chi connectivity index (χ4n) is 2.76. The lowest BCUT2D eigenvalue weighted by atomic mass is 10.2. The molecule has 3 aromatic rings. The summed E-state index contributed by atoms with van der Waals surface area (Å²) in [6.07, 6.45) is 1.13. The van der Waals surface area contributed by atoms with Gasteiger partial charge in [-0.3, -0.25) is 9.10 Å². The first-order valence-corrected chi connectivity index (χ1v) is 11.5. The van der Waals surface area contributed by atoms with Gasteiger partial charge in [-0.15, -0.1) is 0 Å². The second-order valence-corrected chi connectivity index (χ2v) is 9.50. The molecule has 0 aliphatic heterocycles. The van der Waals surface area contributed by atoms with Crippen molar-refractivity contribution >= 4 is 51.0 Å². The predicted octanol–water partition coefficient (Wildman–Crippen LogP) is 4.79. The average Bonchev–Trinajstić information content (AvgIpc) is 2.73. The highest BCUT2D eigenvalue weighted by molar-refractivity contribution is 7.92. The Morgan fingerprint density at radius 1 is 1.06 bits per heavy atom. The van der Waals surface area contributed by atoms with Crippen molar-refractivity contribution in [3.63, 3.8) is 0 Å². The second-order valence-electron chi connectivity index (χ2n) is 6.77. The normalized spacial score (nSPS) is 11.5. The summed E-state index contributed by atoms with van der Waals surface area (Å²) in [6, 6.07) is 16.3. The highest BCUT2D eigenvalue weighted by atomic mass is 35.5. The summed E-state index contributed by atoms with van der Waals surface area (Å²) in [4.78, 5) is 12.5. The molecular weight excluding hydrogens is 476 g/mol. The molecule has 10 heteroatoms. The van der Waals surface area contributed by atoms with Gasteiger partial charge in [0.25, 0.3) is 15.9 Å². The van der Waals surface area contributed by atoms with Gasteiger partial charge in [0.05, 0.1) is 16.8 Å². The number of benzene rings is 3. The molecular formula is C22H18Cl2FN3O3S. The Bertz CT molecular complexity index is 1250. The van der Waals surface area contributed by atoms with E-state index in [1.165, 1.54) is 48.5 Å². The van der Waals surface area contributed by atoms with Gasteiger partial charge in [-0.05, 0) is 43.3 Å². The van der Waals surface area contributed by atoms with Crippen molar-refractivity contribution in [2.45, 2.75) is 11.8 Å². The number of halogens is 3. The number of anilines is 1. The molecule has 0 radical (unpaired) electrons. The summed E-state index contributed by atoms with van der Waals surface area (Å²) in [5.41, 5.74) is 3.36. The fraction of sp³-hybridized carbons (Fsp3) is 0.0909. The van der Waals surface area contributed by atoms with Crippen LogP contribution in [-0.4, -0.2) is 27.1 Å². The molecule has 0 saturated carbocycles. The third-order valence-corrected chi connectivity index (χ3v) is 6.55. The van der Waals surface area contributed by atoms with Crippen molar-refractivity contribution < 1.29 is 17.6 Å². The van der Waals surface area contributed by atoms with Gasteiger partial charge in [0.2, 0.25) is 0 Å². The number of aryl methyl sites for hydroxylation is 1. The summed E-state index contributed by atoms with van der Waals surface area (Å²) in [7, 11) is -4.14. The molecule has 0 heterocycles. The van der Waals surface area contributed by atoms with Crippen LogP contribution in [0.2, 0.25) is 10.0 Å². The molecule has 0 spiro atoms. The number of sulfonamides is 1.